The van der Waals surface area contributed by atoms with Crippen molar-refractivity contribution >= 4 is 11.9 Å². The molecule has 2 N–H and O–H groups in total. The van der Waals surface area contributed by atoms with E-state index in [-0.39, 0.29) is 16.9 Å². The number of carbonyl (C=O) groups excluding carboxylic acids is 2. The van der Waals surface area contributed by atoms with Crippen LogP contribution in [0.5, 0.6) is 0 Å². The van der Waals surface area contributed by atoms with Crippen LogP contribution < -0.4 is 0 Å². The van der Waals surface area contributed by atoms with Gasteiger partial charge >= 0.3 is 11.9 Å². The van der Waals surface area contributed by atoms with Crippen LogP contribution in [0.25, 0.3) is 0 Å². The number of hydrogen-bond acceptors (Lipinski definition) is 7. The number of cyclic esters (lactones) is 1. The number of allylic oxidation sites excluding steroid dienone is 9. The molecule has 1 aliphatic carbocycles. The zero-order chi connectivity index (χ0) is 25.5. The maximum atomic E-state index is 12.3. The van der Waals surface area contributed by atoms with Crippen molar-refractivity contribution in [3.8, 4) is 0 Å². The van der Waals surface area contributed by atoms with E-state index in [1.54, 1.807) is 13.0 Å². The second-order valence-corrected chi connectivity index (χ2v) is 9.32. The summed E-state index contributed by atoms with van der Waals surface area (Å²) in [4.78, 5) is 24.2. The topological polar surface area (TPSA) is 102 Å². The zero-order valence-corrected chi connectivity index (χ0v) is 20.9. The van der Waals surface area contributed by atoms with Gasteiger partial charge in [-0.05, 0) is 56.6 Å². The van der Waals surface area contributed by atoms with Gasteiger partial charge in [0.25, 0.3) is 0 Å². The van der Waals surface area contributed by atoms with Crippen molar-refractivity contribution in [1.29, 1.82) is 0 Å². The highest BCUT2D eigenvalue weighted by atomic mass is 16.6. The second-order valence-electron chi connectivity index (χ2n) is 9.32. The molecular weight excluding hydrogens is 436 g/mol. The molecule has 34 heavy (non-hydrogen) atoms. The number of methoxy groups -OCH3 is 1. The Labute approximate surface area is 201 Å². The first-order valence-corrected chi connectivity index (χ1v) is 11.4. The summed E-state index contributed by atoms with van der Waals surface area (Å²) in [6, 6.07) is 0. The van der Waals surface area contributed by atoms with Crippen LogP contribution in [0.2, 0.25) is 0 Å². The fourth-order valence-corrected chi connectivity index (χ4v) is 4.09. The Balaban J connectivity index is 2.05. The summed E-state index contributed by atoms with van der Waals surface area (Å²) < 4.78 is 15.1. The molecule has 1 heterocycles. The molecule has 2 aliphatic rings. The second kappa shape index (κ2) is 12.0. The number of esters is 2. The maximum absolute atomic E-state index is 12.3. The molecule has 0 bridgehead atoms. The molecule has 0 fully saturated rings. The minimum absolute atomic E-state index is 0.188. The number of aliphatic hydroxyl groups excluding tert-OH is 2. The Kier molecular flexibility index (Phi) is 9.65. The van der Waals surface area contributed by atoms with Gasteiger partial charge in [-0.25, -0.2) is 9.59 Å². The summed E-state index contributed by atoms with van der Waals surface area (Å²) in [5.74, 6) is -2.21. The SMILES string of the molecule is COC1=C(OC(=O)/C=C(C)/C=C/C=C(C)/C=C/C2=C(C)CCCC2(C)C)[C@@H]([C@@H](O)CO)OC1=O. The Morgan fingerprint density at radius 3 is 2.59 bits per heavy atom. The first-order valence-electron chi connectivity index (χ1n) is 11.4. The average Bonchev–Trinajstić information content (AvgIpc) is 3.06. The molecular formula is C27H36O7. The summed E-state index contributed by atoms with van der Waals surface area (Å²) in [6.07, 6.45) is 11.9. The highest BCUT2D eigenvalue weighted by Crippen LogP contribution is 2.40. The van der Waals surface area contributed by atoms with Crippen LogP contribution in [-0.4, -0.2) is 48.1 Å². The summed E-state index contributed by atoms with van der Waals surface area (Å²) in [6.45, 7) is 9.85. The lowest BCUT2D eigenvalue weighted by atomic mass is 9.72. The molecule has 0 aromatic heterocycles. The van der Waals surface area contributed by atoms with Gasteiger partial charge in [0.1, 0.15) is 6.10 Å². The Morgan fingerprint density at radius 1 is 1.26 bits per heavy atom. The van der Waals surface area contributed by atoms with E-state index in [4.69, 9.17) is 19.3 Å². The lowest BCUT2D eigenvalue weighted by molar-refractivity contribution is -0.150. The lowest BCUT2D eigenvalue weighted by Gasteiger charge is -2.32. The molecule has 0 saturated heterocycles. The van der Waals surface area contributed by atoms with Gasteiger partial charge in [0.15, 0.2) is 6.10 Å². The fraction of sp³-hybridized carbons (Fsp3) is 0.481. The predicted octanol–water partition coefficient (Wildman–Crippen LogP) is 4.20. The van der Waals surface area contributed by atoms with Gasteiger partial charge in [0, 0.05) is 6.08 Å². The van der Waals surface area contributed by atoms with Crippen LogP contribution in [0, 0.1) is 5.41 Å². The largest absolute Gasteiger partial charge is 0.487 e. The van der Waals surface area contributed by atoms with Crippen LogP contribution in [0.1, 0.15) is 53.9 Å². The zero-order valence-electron chi connectivity index (χ0n) is 20.9. The first kappa shape index (κ1) is 27.3. The van der Waals surface area contributed by atoms with E-state index in [0.717, 1.165) is 12.0 Å². The molecule has 0 spiro atoms. The summed E-state index contributed by atoms with van der Waals surface area (Å²) in [5.41, 5.74) is 4.73. The monoisotopic (exact) mass is 472 g/mol. The molecule has 7 nitrogen and oxygen atoms in total. The third-order valence-electron chi connectivity index (χ3n) is 5.97. The van der Waals surface area contributed by atoms with Crippen molar-refractivity contribution in [2.45, 2.75) is 66.1 Å². The lowest BCUT2D eigenvalue weighted by Crippen LogP contribution is -2.33. The van der Waals surface area contributed by atoms with Gasteiger partial charge in [-0.2, -0.15) is 0 Å². The van der Waals surface area contributed by atoms with Gasteiger partial charge in [-0.1, -0.05) is 55.4 Å². The standard InChI is InChI=1S/C27H36O7/c1-17(12-13-20-19(3)11-8-14-27(20,4)5)9-7-10-18(2)15-22(30)33-24-23(21(29)16-28)34-26(31)25(24)32-6/h7,9-10,12-13,15,21,23,28-29H,8,11,14,16H2,1-6H3/b10-7+,13-12+,17-9+,18-15+/t21-,23+/m0/s1. The van der Waals surface area contributed by atoms with Crippen molar-refractivity contribution in [3.05, 3.63) is 70.3 Å². The molecule has 1 aliphatic heterocycles. The molecule has 0 aromatic rings. The highest BCUT2D eigenvalue weighted by Gasteiger charge is 2.42. The minimum Gasteiger partial charge on any atom is -0.487 e. The molecule has 7 heteroatoms. The van der Waals surface area contributed by atoms with Crippen LogP contribution in [0.4, 0.5) is 0 Å². The number of ether oxygens (including phenoxy) is 3. The van der Waals surface area contributed by atoms with E-state index < -0.39 is 30.8 Å². The van der Waals surface area contributed by atoms with E-state index >= 15 is 0 Å². The van der Waals surface area contributed by atoms with E-state index in [2.05, 4.69) is 32.9 Å². The van der Waals surface area contributed by atoms with Crippen molar-refractivity contribution in [2.24, 2.45) is 5.41 Å². The van der Waals surface area contributed by atoms with E-state index in [0.29, 0.717) is 5.57 Å². The van der Waals surface area contributed by atoms with Crippen LogP contribution in [-0.2, 0) is 23.8 Å². The number of hydrogen-bond donors (Lipinski definition) is 2. The van der Waals surface area contributed by atoms with Crippen molar-refractivity contribution in [1.82, 2.24) is 0 Å². The van der Waals surface area contributed by atoms with Crippen molar-refractivity contribution in [3.63, 3.8) is 0 Å². The first-order chi connectivity index (χ1) is 16.0. The van der Waals surface area contributed by atoms with E-state index in [9.17, 15) is 14.7 Å². The fourth-order valence-electron chi connectivity index (χ4n) is 4.09. The number of aliphatic hydroxyl groups is 2. The molecule has 2 atom stereocenters. The Bertz CT molecular complexity index is 973. The van der Waals surface area contributed by atoms with Gasteiger partial charge in [0.05, 0.1) is 13.7 Å². The smallest absolute Gasteiger partial charge is 0.378 e. The van der Waals surface area contributed by atoms with E-state index in [1.165, 1.54) is 37.2 Å². The average molecular weight is 473 g/mol. The highest BCUT2D eigenvalue weighted by molar-refractivity contribution is 5.91. The number of rotatable bonds is 9. The van der Waals surface area contributed by atoms with Gasteiger partial charge < -0.3 is 24.4 Å². The minimum atomic E-state index is -1.44. The normalized spacial score (nSPS) is 22.6. The van der Waals surface area contributed by atoms with Gasteiger partial charge in [-0.3, -0.25) is 0 Å². The quantitative estimate of drug-likeness (QED) is 0.295. The summed E-state index contributed by atoms with van der Waals surface area (Å²) >= 11 is 0. The van der Waals surface area contributed by atoms with E-state index in [1.807, 2.05) is 19.1 Å². The number of carbonyl (C=O) groups is 2. The molecule has 186 valence electrons. The Morgan fingerprint density at radius 2 is 1.97 bits per heavy atom. The third-order valence-corrected chi connectivity index (χ3v) is 5.97. The van der Waals surface area contributed by atoms with Gasteiger partial charge in [0.2, 0.25) is 11.5 Å². The Hall–Kier alpha value is -2.90. The maximum Gasteiger partial charge on any atom is 0.378 e. The molecule has 0 radical (unpaired) electrons. The van der Waals surface area contributed by atoms with Crippen molar-refractivity contribution < 1.29 is 34.0 Å². The van der Waals surface area contributed by atoms with Crippen LogP contribution in [0.15, 0.2) is 70.3 Å². The van der Waals surface area contributed by atoms with Gasteiger partial charge in [-0.15, -0.1) is 0 Å². The summed E-state index contributed by atoms with van der Waals surface area (Å²) in [7, 11) is 1.22. The molecule has 0 aromatic carbocycles. The third kappa shape index (κ3) is 7.05. The van der Waals surface area contributed by atoms with Crippen LogP contribution >= 0.6 is 0 Å². The molecule has 2 rings (SSSR count). The molecule has 0 amide bonds. The van der Waals surface area contributed by atoms with Crippen molar-refractivity contribution in [2.75, 3.05) is 13.7 Å². The molecule has 0 saturated carbocycles. The van der Waals surface area contributed by atoms with Crippen LogP contribution in [0.3, 0.4) is 0 Å². The molecule has 0 unspecified atom stereocenters. The summed E-state index contributed by atoms with van der Waals surface area (Å²) in [5, 5.41) is 19.0. The predicted molar refractivity (Wildman–Crippen MR) is 129 cm³/mol.